The van der Waals surface area contributed by atoms with E-state index in [2.05, 4.69) is 16.3 Å². The van der Waals surface area contributed by atoms with Crippen molar-refractivity contribution in [1.29, 1.82) is 5.26 Å². The van der Waals surface area contributed by atoms with E-state index in [1.165, 1.54) is 23.9 Å². The van der Waals surface area contributed by atoms with Crippen LogP contribution < -0.4 is 10.1 Å². The molecule has 168 valence electrons. The molecule has 1 aliphatic rings. The summed E-state index contributed by atoms with van der Waals surface area (Å²) >= 11 is 1.18. The summed E-state index contributed by atoms with van der Waals surface area (Å²) in [5.41, 5.74) is 4.08. The maximum atomic E-state index is 13.9. The molecule has 2 heterocycles. The summed E-state index contributed by atoms with van der Waals surface area (Å²) in [5.74, 6) is -0.195. The predicted molar refractivity (Wildman–Crippen MR) is 127 cm³/mol. The minimum absolute atomic E-state index is 0.0000678. The number of methoxy groups -OCH3 is 1. The standard InChI is InChI=1S/C25H23FN4O2S/c1-30-12-11-20-18(14-30)24(16-7-3-6-10-22(16)32-2)17(13-27)25(29-20)33-15-23(31)28-21-9-5-4-8-19(21)26/h3-10H,11-12,14-15H2,1-2H3,(H,28,31). The van der Waals surface area contributed by atoms with Gasteiger partial charge in [-0.3, -0.25) is 4.79 Å². The summed E-state index contributed by atoms with van der Waals surface area (Å²) in [6.07, 6.45) is 0.745. The van der Waals surface area contributed by atoms with Crippen LogP contribution in [0.4, 0.5) is 10.1 Å². The number of fused-ring (bicyclic) bond motifs is 1. The van der Waals surface area contributed by atoms with Crippen molar-refractivity contribution in [3.8, 4) is 22.9 Å². The number of likely N-dealkylation sites (N-methyl/N-ethyl adjacent to an activating group) is 1. The number of hydrogen-bond acceptors (Lipinski definition) is 6. The van der Waals surface area contributed by atoms with E-state index >= 15 is 0 Å². The molecule has 0 saturated carbocycles. The molecule has 0 radical (unpaired) electrons. The van der Waals surface area contributed by atoms with Gasteiger partial charge >= 0.3 is 0 Å². The maximum absolute atomic E-state index is 13.9. The zero-order valence-corrected chi connectivity index (χ0v) is 19.2. The first-order valence-corrected chi connectivity index (χ1v) is 11.4. The quantitative estimate of drug-likeness (QED) is 0.544. The zero-order chi connectivity index (χ0) is 23.4. The fourth-order valence-corrected chi connectivity index (χ4v) is 4.72. The lowest BCUT2D eigenvalue weighted by Gasteiger charge is -2.28. The van der Waals surface area contributed by atoms with Crippen molar-refractivity contribution in [1.82, 2.24) is 9.88 Å². The van der Waals surface area contributed by atoms with Crippen LogP contribution in [-0.4, -0.2) is 42.2 Å². The SMILES string of the molecule is COc1ccccc1-c1c(C#N)c(SCC(=O)Nc2ccccc2F)nc2c1CN(C)CC2. The first kappa shape index (κ1) is 22.8. The fraction of sp³-hybridized carbons (Fsp3) is 0.240. The number of ether oxygens (including phenoxy) is 1. The Bertz CT molecular complexity index is 1240. The molecular formula is C25H23FN4O2S. The number of nitriles is 1. The van der Waals surface area contributed by atoms with Gasteiger partial charge in [-0.05, 0) is 30.8 Å². The number of benzene rings is 2. The summed E-state index contributed by atoms with van der Waals surface area (Å²) in [5, 5.41) is 13.2. The lowest BCUT2D eigenvalue weighted by atomic mass is 9.91. The van der Waals surface area contributed by atoms with Crippen LogP contribution in [0, 0.1) is 17.1 Å². The Labute approximate surface area is 196 Å². The van der Waals surface area contributed by atoms with E-state index in [0.717, 1.165) is 35.3 Å². The van der Waals surface area contributed by atoms with Gasteiger partial charge in [0.1, 0.15) is 22.7 Å². The molecule has 33 heavy (non-hydrogen) atoms. The number of halogens is 1. The van der Waals surface area contributed by atoms with Crippen molar-refractivity contribution in [3.05, 3.63) is 71.2 Å². The number of carbonyl (C=O) groups is 1. The van der Waals surface area contributed by atoms with Crippen LogP contribution in [0.25, 0.3) is 11.1 Å². The highest BCUT2D eigenvalue weighted by atomic mass is 32.2. The van der Waals surface area contributed by atoms with Crippen LogP contribution >= 0.6 is 11.8 Å². The Morgan fingerprint density at radius 1 is 1.27 bits per heavy atom. The molecule has 1 amide bonds. The average molecular weight is 463 g/mol. The summed E-state index contributed by atoms with van der Waals surface area (Å²) in [6, 6.07) is 15.9. The number of rotatable bonds is 6. The Kier molecular flexibility index (Phi) is 6.92. The number of pyridine rings is 1. The third-order valence-corrected chi connectivity index (χ3v) is 6.46. The molecule has 2 aromatic carbocycles. The highest BCUT2D eigenvalue weighted by Crippen LogP contribution is 2.40. The molecule has 1 aliphatic heterocycles. The molecule has 0 spiro atoms. The number of carbonyl (C=O) groups excluding carboxylic acids is 1. The lowest BCUT2D eigenvalue weighted by molar-refractivity contribution is -0.113. The first-order valence-electron chi connectivity index (χ1n) is 10.5. The van der Waals surface area contributed by atoms with Crippen molar-refractivity contribution in [2.45, 2.75) is 18.0 Å². The third-order valence-electron chi connectivity index (χ3n) is 5.48. The van der Waals surface area contributed by atoms with Gasteiger partial charge in [0, 0.05) is 36.3 Å². The van der Waals surface area contributed by atoms with E-state index in [1.807, 2.05) is 31.3 Å². The van der Waals surface area contributed by atoms with Crippen LogP contribution in [0.2, 0.25) is 0 Å². The molecule has 1 aromatic heterocycles. The van der Waals surface area contributed by atoms with E-state index in [4.69, 9.17) is 9.72 Å². The summed E-state index contributed by atoms with van der Waals surface area (Å²) in [6.45, 7) is 1.53. The van der Waals surface area contributed by atoms with Crippen LogP contribution in [0.15, 0.2) is 53.6 Å². The van der Waals surface area contributed by atoms with Gasteiger partial charge in [0.15, 0.2) is 0 Å². The number of thioether (sulfide) groups is 1. The molecule has 4 rings (SSSR count). The lowest BCUT2D eigenvalue weighted by Crippen LogP contribution is -2.28. The summed E-state index contributed by atoms with van der Waals surface area (Å²) < 4.78 is 19.5. The Balaban J connectivity index is 1.71. The van der Waals surface area contributed by atoms with Crippen molar-refractivity contribution in [3.63, 3.8) is 0 Å². The second-order valence-corrected chi connectivity index (χ2v) is 8.67. The molecule has 0 saturated heterocycles. The molecule has 0 atom stereocenters. The number of amides is 1. The molecule has 1 N–H and O–H groups in total. The monoisotopic (exact) mass is 462 g/mol. The molecule has 3 aromatic rings. The topological polar surface area (TPSA) is 78.2 Å². The number of hydrogen-bond donors (Lipinski definition) is 1. The minimum Gasteiger partial charge on any atom is -0.496 e. The van der Waals surface area contributed by atoms with Gasteiger partial charge in [-0.1, -0.05) is 42.1 Å². The van der Waals surface area contributed by atoms with Crippen molar-refractivity contribution in [2.75, 3.05) is 31.8 Å². The van der Waals surface area contributed by atoms with E-state index in [9.17, 15) is 14.4 Å². The van der Waals surface area contributed by atoms with E-state index in [-0.39, 0.29) is 17.3 Å². The molecular weight excluding hydrogens is 439 g/mol. The molecule has 0 aliphatic carbocycles. The van der Waals surface area contributed by atoms with E-state index < -0.39 is 5.82 Å². The average Bonchev–Trinajstić information content (AvgIpc) is 2.83. The van der Waals surface area contributed by atoms with Gasteiger partial charge in [-0.15, -0.1) is 0 Å². The number of para-hydroxylation sites is 2. The van der Waals surface area contributed by atoms with Crippen LogP contribution in [0.3, 0.4) is 0 Å². The van der Waals surface area contributed by atoms with Crippen LogP contribution in [0.5, 0.6) is 5.75 Å². The Hall–Kier alpha value is -3.41. The normalized spacial score (nSPS) is 13.2. The smallest absolute Gasteiger partial charge is 0.234 e. The molecule has 6 nitrogen and oxygen atoms in total. The van der Waals surface area contributed by atoms with Gasteiger partial charge in [0.25, 0.3) is 0 Å². The second-order valence-electron chi connectivity index (χ2n) is 7.71. The van der Waals surface area contributed by atoms with Gasteiger partial charge in [-0.25, -0.2) is 9.37 Å². The highest BCUT2D eigenvalue weighted by molar-refractivity contribution is 8.00. The number of nitrogens with one attached hydrogen (secondary N) is 1. The first-order chi connectivity index (χ1) is 16.0. The van der Waals surface area contributed by atoms with Crippen molar-refractivity contribution >= 4 is 23.4 Å². The van der Waals surface area contributed by atoms with Gasteiger partial charge in [0.2, 0.25) is 5.91 Å². The molecule has 8 heteroatoms. The number of anilines is 1. The van der Waals surface area contributed by atoms with E-state index in [0.29, 0.717) is 22.9 Å². The number of aromatic nitrogens is 1. The largest absolute Gasteiger partial charge is 0.496 e. The Morgan fingerprint density at radius 3 is 2.79 bits per heavy atom. The maximum Gasteiger partial charge on any atom is 0.234 e. The van der Waals surface area contributed by atoms with Crippen molar-refractivity contribution in [2.24, 2.45) is 0 Å². The second kappa shape index (κ2) is 10.0. The molecule has 0 bridgehead atoms. The highest BCUT2D eigenvalue weighted by Gasteiger charge is 2.26. The summed E-state index contributed by atoms with van der Waals surface area (Å²) in [7, 11) is 3.64. The third kappa shape index (κ3) is 4.85. The minimum atomic E-state index is -0.497. The van der Waals surface area contributed by atoms with E-state index in [1.54, 1.807) is 19.2 Å². The van der Waals surface area contributed by atoms with Crippen LogP contribution in [-0.2, 0) is 17.8 Å². The summed E-state index contributed by atoms with van der Waals surface area (Å²) in [4.78, 5) is 19.5. The Morgan fingerprint density at radius 2 is 2.03 bits per heavy atom. The predicted octanol–water partition coefficient (Wildman–Crippen LogP) is 4.49. The molecule has 0 fully saturated rings. The van der Waals surface area contributed by atoms with Gasteiger partial charge in [0.05, 0.1) is 24.1 Å². The van der Waals surface area contributed by atoms with Gasteiger partial charge in [-0.2, -0.15) is 5.26 Å². The fourth-order valence-electron chi connectivity index (χ4n) is 3.91. The molecule has 0 unspecified atom stereocenters. The van der Waals surface area contributed by atoms with Crippen LogP contribution in [0.1, 0.15) is 16.8 Å². The number of nitrogens with zero attached hydrogens (tertiary/aromatic N) is 3. The zero-order valence-electron chi connectivity index (χ0n) is 18.4. The van der Waals surface area contributed by atoms with Gasteiger partial charge < -0.3 is 15.0 Å². The van der Waals surface area contributed by atoms with Crippen molar-refractivity contribution < 1.29 is 13.9 Å².